The maximum absolute atomic E-state index is 12.5. The second-order valence-electron chi connectivity index (χ2n) is 5.09. The van der Waals surface area contributed by atoms with Crippen LogP contribution in [-0.4, -0.2) is 27.4 Å². The van der Waals surface area contributed by atoms with Crippen molar-refractivity contribution in [1.29, 1.82) is 0 Å². The Balaban J connectivity index is 2.20. The van der Waals surface area contributed by atoms with E-state index >= 15 is 0 Å². The standard InChI is InChI=1S/C17H20N2O2/c1-4-19(11-15-7-5-6-13(3)18-15)17(21)14-8-9-16(20)12(2)10-14/h5-10,20H,4,11H2,1-3H3. The molecule has 2 rings (SSSR count). The van der Waals surface area contributed by atoms with E-state index in [0.717, 1.165) is 11.4 Å². The van der Waals surface area contributed by atoms with Crippen LogP contribution in [0.5, 0.6) is 5.75 Å². The fourth-order valence-electron chi connectivity index (χ4n) is 2.18. The molecular weight excluding hydrogens is 264 g/mol. The van der Waals surface area contributed by atoms with E-state index in [-0.39, 0.29) is 11.7 Å². The van der Waals surface area contributed by atoms with Gasteiger partial charge in [0.15, 0.2) is 0 Å². The van der Waals surface area contributed by atoms with Gasteiger partial charge in [0, 0.05) is 17.8 Å². The van der Waals surface area contributed by atoms with E-state index in [1.54, 1.807) is 30.0 Å². The molecule has 0 bridgehead atoms. The van der Waals surface area contributed by atoms with Crippen molar-refractivity contribution in [1.82, 2.24) is 9.88 Å². The number of hydrogen-bond donors (Lipinski definition) is 1. The van der Waals surface area contributed by atoms with Gasteiger partial charge in [0.05, 0.1) is 12.2 Å². The molecule has 21 heavy (non-hydrogen) atoms. The smallest absolute Gasteiger partial charge is 0.254 e. The van der Waals surface area contributed by atoms with Gasteiger partial charge in [-0.15, -0.1) is 0 Å². The van der Waals surface area contributed by atoms with Crippen molar-refractivity contribution in [2.24, 2.45) is 0 Å². The summed E-state index contributed by atoms with van der Waals surface area (Å²) >= 11 is 0. The Hall–Kier alpha value is -2.36. The van der Waals surface area contributed by atoms with Gasteiger partial charge in [0.2, 0.25) is 0 Å². The molecule has 1 heterocycles. The molecule has 0 unspecified atom stereocenters. The molecule has 110 valence electrons. The topological polar surface area (TPSA) is 53.4 Å². The first kappa shape index (κ1) is 15.0. The number of aromatic nitrogens is 1. The monoisotopic (exact) mass is 284 g/mol. The van der Waals surface area contributed by atoms with Crippen molar-refractivity contribution in [3.05, 3.63) is 58.9 Å². The molecule has 0 radical (unpaired) electrons. The predicted octanol–water partition coefficient (Wildman–Crippen LogP) is 3.07. The van der Waals surface area contributed by atoms with Crippen molar-refractivity contribution in [2.75, 3.05) is 6.54 Å². The lowest BCUT2D eigenvalue weighted by molar-refractivity contribution is 0.0750. The quantitative estimate of drug-likeness (QED) is 0.938. The first-order valence-corrected chi connectivity index (χ1v) is 7.02. The third-order valence-electron chi connectivity index (χ3n) is 3.41. The van der Waals surface area contributed by atoms with E-state index < -0.39 is 0 Å². The minimum absolute atomic E-state index is 0.0519. The van der Waals surface area contributed by atoms with Crippen molar-refractivity contribution in [3.8, 4) is 5.75 Å². The highest BCUT2D eigenvalue weighted by molar-refractivity contribution is 5.94. The lowest BCUT2D eigenvalue weighted by atomic mass is 10.1. The van der Waals surface area contributed by atoms with E-state index in [2.05, 4.69) is 4.98 Å². The van der Waals surface area contributed by atoms with Crippen LogP contribution in [0.4, 0.5) is 0 Å². The van der Waals surface area contributed by atoms with Gasteiger partial charge in [-0.3, -0.25) is 9.78 Å². The van der Waals surface area contributed by atoms with Crippen LogP contribution in [-0.2, 0) is 6.54 Å². The highest BCUT2D eigenvalue weighted by atomic mass is 16.3. The van der Waals surface area contributed by atoms with Crippen molar-refractivity contribution in [3.63, 3.8) is 0 Å². The van der Waals surface area contributed by atoms with Crippen molar-refractivity contribution >= 4 is 5.91 Å². The first-order valence-electron chi connectivity index (χ1n) is 7.02. The number of aryl methyl sites for hydroxylation is 2. The maximum Gasteiger partial charge on any atom is 0.254 e. The lowest BCUT2D eigenvalue weighted by Crippen LogP contribution is -2.30. The average Bonchev–Trinajstić information content (AvgIpc) is 2.47. The number of carbonyl (C=O) groups excluding carboxylic acids is 1. The summed E-state index contributed by atoms with van der Waals surface area (Å²) in [5.74, 6) is 0.152. The van der Waals surface area contributed by atoms with Crippen LogP contribution in [0, 0.1) is 13.8 Å². The molecule has 1 aromatic carbocycles. The molecule has 0 aliphatic rings. The van der Waals surface area contributed by atoms with Gasteiger partial charge in [0.1, 0.15) is 5.75 Å². The Kier molecular flexibility index (Phi) is 4.58. The summed E-state index contributed by atoms with van der Waals surface area (Å²) in [5, 5.41) is 9.55. The van der Waals surface area contributed by atoms with Gasteiger partial charge in [-0.05, 0) is 56.7 Å². The molecular formula is C17H20N2O2. The van der Waals surface area contributed by atoms with Crippen molar-refractivity contribution < 1.29 is 9.90 Å². The molecule has 0 atom stereocenters. The number of carbonyl (C=O) groups is 1. The van der Waals surface area contributed by atoms with Crippen LogP contribution < -0.4 is 0 Å². The van der Waals surface area contributed by atoms with E-state index in [1.165, 1.54) is 0 Å². The highest BCUT2D eigenvalue weighted by Gasteiger charge is 2.16. The molecule has 1 amide bonds. The van der Waals surface area contributed by atoms with Crippen LogP contribution in [0.2, 0.25) is 0 Å². The second kappa shape index (κ2) is 6.39. The number of nitrogens with zero attached hydrogens (tertiary/aromatic N) is 2. The second-order valence-corrected chi connectivity index (χ2v) is 5.09. The Labute approximate surface area is 125 Å². The lowest BCUT2D eigenvalue weighted by Gasteiger charge is -2.21. The number of phenols is 1. The zero-order valence-corrected chi connectivity index (χ0v) is 12.6. The first-order chi connectivity index (χ1) is 10.0. The van der Waals surface area contributed by atoms with Gasteiger partial charge in [-0.1, -0.05) is 6.07 Å². The number of phenolic OH excluding ortho intramolecular Hbond substituents is 1. The van der Waals surface area contributed by atoms with E-state index in [4.69, 9.17) is 0 Å². The Morgan fingerprint density at radius 1 is 1.24 bits per heavy atom. The minimum Gasteiger partial charge on any atom is -0.508 e. The third-order valence-corrected chi connectivity index (χ3v) is 3.41. The van der Waals surface area contributed by atoms with E-state index in [1.807, 2.05) is 32.0 Å². The molecule has 0 aliphatic heterocycles. The Bertz CT molecular complexity index is 653. The third kappa shape index (κ3) is 3.60. The fourth-order valence-corrected chi connectivity index (χ4v) is 2.18. The molecule has 1 N–H and O–H groups in total. The van der Waals surface area contributed by atoms with Crippen LogP contribution in [0.1, 0.15) is 34.2 Å². The minimum atomic E-state index is -0.0519. The summed E-state index contributed by atoms with van der Waals surface area (Å²) in [6.07, 6.45) is 0. The number of rotatable bonds is 4. The molecule has 0 fully saturated rings. The van der Waals surface area contributed by atoms with Crippen LogP contribution in [0.3, 0.4) is 0 Å². The number of pyridine rings is 1. The SMILES string of the molecule is CCN(Cc1cccc(C)n1)C(=O)c1ccc(O)c(C)c1. The van der Waals surface area contributed by atoms with Crippen molar-refractivity contribution in [2.45, 2.75) is 27.3 Å². The molecule has 0 saturated carbocycles. The van der Waals surface area contributed by atoms with Gasteiger partial charge in [0.25, 0.3) is 5.91 Å². The molecule has 0 saturated heterocycles. The van der Waals surface area contributed by atoms with Crippen LogP contribution >= 0.6 is 0 Å². The molecule has 2 aromatic rings. The van der Waals surface area contributed by atoms with E-state index in [0.29, 0.717) is 24.2 Å². The Morgan fingerprint density at radius 2 is 2.00 bits per heavy atom. The molecule has 4 nitrogen and oxygen atoms in total. The normalized spacial score (nSPS) is 10.4. The summed E-state index contributed by atoms with van der Waals surface area (Å²) in [4.78, 5) is 18.7. The summed E-state index contributed by atoms with van der Waals surface area (Å²) in [6, 6.07) is 10.7. The summed E-state index contributed by atoms with van der Waals surface area (Å²) in [7, 11) is 0. The van der Waals surface area contributed by atoms with Crippen LogP contribution in [0.15, 0.2) is 36.4 Å². The molecule has 0 spiro atoms. The van der Waals surface area contributed by atoms with Gasteiger partial charge < -0.3 is 10.0 Å². The van der Waals surface area contributed by atoms with Crippen LogP contribution in [0.25, 0.3) is 0 Å². The largest absolute Gasteiger partial charge is 0.508 e. The number of amides is 1. The average molecular weight is 284 g/mol. The zero-order chi connectivity index (χ0) is 15.4. The molecule has 0 aliphatic carbocycles. The highest BCUT2D eigenvalue weighted by Crippen LogP contribution is 2.18. The Morgan fingerprint density at radius 3 is 2.62 bits per heavy atom. The summed E-state index contributed by atoms with van der Waals surface area (Å²) in [5.41, 5.74) is 3.10. The number of benzene rings is 1. The van der Waals surface area contributed by atoms with E-state index in [9.17, 15) is 9.90 Å². The predicted molar refractivity (Wildman–Crippen MR) is 82.2 cm³/mol. The summed E-state index contributed by atoms with van der Waals surface area (Å²) in [6.45, 7) is 6.75. The van der Waals surface area contributed by atoms with Gasteiger partial charge in [-0.2, -0.15) is 0 Å². The van der Waals surface area contributed by atoms with Gasteiger partial charge >= 0.3 is 0 Å². The maximum atomic E-state index is 12.5. The van der Waals surface area contributed by atoms with Gasteiger partial charge in [-0.25, -0.2) is 0 Å². The zero-order valence-electron chi connectivity index (χ0n) is 12.6. The molecule has 1 aromatic heterocycles. The fraction of sp³-hybridized carbons (Fsp3) is 0.294. The number of hydrogen-bond acceptors (Lipinski definition) is 3. The number of aromatic hydroxyl groups is 1. The summed E-state index contributed by atoms with van der Waals surface area (Å²) < 4.78 is 0. The molecule has 4 heteroatoms.